The zero-order valence-corrected chi connectivity index (χ0v) is 17.9. The van der Waals surface area contributed by atoms with Gasteiger partial charge in [-0.1, -0.05) is 0 Å². The average molecular weight is 421 g/mol. The van der Waals surface area contributed by atoms with Gasteiger partial charge in [-0.2, -0.15) is 0 Å². The van der Waals surface area contributed by atoms with E-state index in [2.05, 4.69) is 38.7 Å². The van der Waals surface area contributed by atoms with E-state index in [1.54, 1.807) is 11.3 Å². The van der Waals surface area contributed by atoms with Crippen LogP contribution >= 0.6 is 22.7 Å². The van der Waals surface area contributed by atoms with Gasteiger partial charge in [-0.05, 0) is 19.1 Å². The number of anilines is 1. The van der Waals surface area contributed by atoms with Gasteiger partial charge in [0.1, 0.15) is 0 Å². The van der Waals surface area contributed by atoms with Crippen LogP contribution in [0.2, 0.25) is 0 Å². The van der Waals surface area contributed by atoms with E-state index in [0.29, 0.717) is 12.5 Å². The number of aromatic nitrogens is 1. The van der Waals surface area contributed by atoms with Gasteiger partial charge in [0.15, 0.2) is 11.1 Å². The number of rotatable bonds is 5. The highest BCUT2D eigenvalue weighted by Gasteiger charge is 2.25. The normalized spacial score (nSPS) is 20.5. The van der Waals surface area contributed by atoms with Crippen molar-refractivity contribution < 1.29 is 4.74 Å². The highest BCUT2D eigenvalue weighted by molar-refractivity contribution is 7.13. The van der Waals surface area contributed by atoms with Crippen molar-refractivity contribution in [1.29, 1.82) is 0 Å². The minimum absolute atomic E-state index is 0.276. The van der Waals surface area contributed by atoms with Gasteiger partial charge in [0.05, 0.1) is 25.8 Å². The van der Waals surface area contributed by atoms with Crippen molar-refractivity contribution >= 4 is 33.8 Å². The fourth-order valence-corrected chi connectivity index (χ4v) is 5.39. The van der Waals surface area contributed by atoms with Crippen molar-refractivity contribution in [2.45, 2.75) is 13.0 Å². The Balaban J connectivity index is 1.38. The van der Waals surface area contributed by atoms with Crippen molar-refractivity contribution in [3.63, 3.8) is 0 Å². The molecular formula is C19H28N6OS2. The summed E-state index contributed by atoms with van der Waals surface area (Å²) in [6.45, 7) is 9.96. The molecule has 4 heterocycles. The largest absolute Gasteiger partial charge is 0.379 e. The second-order valence-electron chi connectivity index (χ2n) is 7.10. The molecule has 152 valence electrons. The lowest BCUT2D eigenvalue weighted by molar-refractivity contribution is 0.0186. The molecule has 1 atom stereocenters. The number of ether oxygens (including phenoxy) is 1. The van der Waals surface area contributed by atoms with Crippen LogP contribution < -0.4 is 10.6 Å². The molecule has 2 aliphatic heterocycles. The summed E-state index contributed by atoms with van der Waals surface area (Å²) in [5, 5.41) is 3.12. The van der Waals surface area contributed by atoms with Gasteiger partial charge < -0.3 is 20.3 Å². The first-order valence-corrected chi connectivity index (χ1v) is 11.5. The first-order valence-electron chi connectivity index (χ1n) is 9.78. The van der Waals surface area contributed by atoms with Gasteiger partial charge in [-0.15, -0.1) is 22.7 Å². The van der Waals surface area contributed by atoms with Crippen LogP contribution in [0.5, 0.6) is 0 Å². The molecule has 2 aromatic rings. The van der Waals surface area contributed by atoms with Crippen LogP contribution in [0, 0.1) is 6.92 Å². The fraction of sp³-hybridized carbons (Fsp3) is 0.579. The zero-order valence-electron chi connectivity index (χ0n) is 16.3. The lowest BCUT2D eigenvalue weighted by Gasteiger charge is -2.36. The summed E-state index contributed by atoms with van der Waals surface area (Å²) in [7, 11) is 0. The highest BCUT2D eigenvalue weighted by Crippen LogP contribution is 2.28. The summed E-state index contributed by atoms with van der Waals surface area (Å²) in [6.07, 6.45) is 1.86. The van der Waals surface area contributed by atoms with Gasteiger partial charge >= 0.3 is 0 Å². The van der Waals surface area contributed by atoms with Gasteiger partial charge in [0, 0.05) is 60.6 Å². The third kappa shape index (κ3) is 4.65. The zero-order chi connectivity index (χ0) is 19.3. The second-order valence-corrected chi connectivity index (χ2v) is 9.29. The van der Waals surface area contributed by atoms with Crippen LogP contribution in [0.1, 0.15) is 15.8 Å². The molecular weight excluding hydrogens is 392 g/mol. The first kappa shape index (κ1) is 19.6. The van der Waals surface area contributed by atoms with E-state index < -0.39 is 0 Å². The summed E-state index contributed by atoms with van der Waals surface area (Å²) in [5.41, 5.74) is 6.38. The Hall–Kier alpha value is -1.68. The van der Waals surface area contributed by atoms with E-state index in [9.17, 15) is 0 Å². The Labute approximate surface area is 174 Å². The number of piperazine rings is 1. The summed E-state index contributed by atoms with van der Waals surface area (Å²) in [4.78, 5) is 18.9. The monoisotopic (exact) mass is 420 g/mol. The van der Waals surface area contributed by atoms with Crippen molar-refractivity contribution in [2.24, 2.45) is 10.7 Å². The highest BCUT2D eigenvalue weighted by atomic mass is 32.1. The van der Waals surface area contributed by atoms with E-state index >= 15 is 0 Å². The Bertz CT molecular complexity index is 763. The van der Waals surface area contributed by atoms with E-state index in [0.717, 1.165) is 57.6 Å². The number of nitrogens with zero attached hydrogens (tertiary/aromatic N) is 5. The maximum Gasteiger partial charge on any atom is 0.191 e. The molecule has 4 rings (SSSR count). The third-order valence-electron chi connectivity index (χ3n) is 5.30. The van der Waals surface area contributed by atoms with Gasteiger partial charge in [0.2, 0.25) is 0 Å². The Morgan fingerprint density at radius 3 is 2.64 bits per heavy atom. The standard InChI is InChI=1S/C19H28N6OS2/c1-15-2-3-17(28-15)16(23-9-11-26-12-10-23)14-22-18(20)24-5-7-25(8-6-24)19-21-4-13-27-19/h2-4,13,16H,5-12,14H2,1H3,(H2,20,22). The molecule has 1 unspecified atom stereocenters. The number of nitrogens with two attached hydrogens (primary N) is 1. The molecule has 2 saturated heterocycles. The molecule has 2 aliphatic rings. The van der Waals surface area contributed by atoms with Crippen LogP contribution in [-0.4, -0.2) is 79.8 Å². The molecule has 0 aromatic carbocycles. The maximum absolute atomic E-state index is 6.38. The minimum Gasteiger partial charge on any atom is -0.379 e. The van der Waals surface area contributed by atoms with Gasteiger partial charge in [-0.3, -0.25) is 9.89 Å². The predicted octanol–water partition coefficient (Wildman–Crippen LogP) is 2.02. The van der Waals surface area contributed by atoms with E-state index in [1.165, 1.54) is 9.75 Å². The summed E-state index contributed by atoms with van der Waals surface area (Å²) >= 11 is 3.55. The van der Waals surface area contributed by atoms with Crippen molar-refractivity contribution in [3.8, 4) is 0 Å². The van der Waals surface area contributed by atoms with Crippen LogP contribution in [-0.2, 0) is 4.74 Å². The number of aryl methyl sites for hydroxylation is 1. The van der Waals surface area contributed by atoms with E-state index in [-0.39, 0.29) is 6.04 Å². The Kier molecular flexibility index (Phi) is 6.46. The predicted molar refractivity (Wildman–Crippen MR) is 117 cm³/mol. The first-order chi connectivity index (χ1) is 13.7. The molecule has 2 aromatic heterocycles. The lowest BCUT2D eigenvalue weighted by atomic mass is 10.2. The quantitative estimate of drug-likeness (QED) is 0.590. The van der Waals surface area contributed by atoms with Crippen LogP contribution in [0.15, 0.2) is 28.7 Å². The average Bonchev–Trinajstić information content (AvgIpc) is 3.41. The van der Waals surface area contributed by atoms with Crippen LogP contribution in [0.25, 0.3) is 0 Å². The fourth-order valence-electron chi connectivity index (χ4n) is 3.69. The molecule has 2 fully saturated rings. The van der Waals surface area contributed by atoms with Crippen molar-refractivity contribution in [2.75, 3.05) is 63.9 Å². The molecule has 2 N–H and O–H groups in total. The number of morpholine rings is 1. The third-order valence-corrected chi connectivity index (χ3v) is 7.23. The number of thiophene rings is 1. The molecule has 28 heavy (non-hydrogen) atoms. The molecule has 0 aliphatic carbocycles. The lowest BCUT2D eigenvalue weighted by Crippen LogP contribution is -2.51. The van der Waals surface area contributed by atoms with E-state index in [1.807, 2.05) is 22.9 Å². The molecule has 9 heteroatoms. The van der Waals surface area contributed by atoms with Gasteiger partial charge in [0.25, 0.3) is 0 Å². The Morgan fingerprint density at radius 1 is 1.21 bits per heavy atom. The van der Waals surface area contributed by atoms with Crippen LogP contribution in [0.4, 0.5) is 5.13 Å². The van der Waals surface area contributed by atoms with E-state index in [4.69, 9.17) is 15.5 Å². The number of hydrogen-bond donors (Lipinski definition) is 1. The summed E-state index contributed by atoms with van der Waals surface area (Å²) in [5.74, 6) is 0.658. The van der Waals surface area contributed by atoms with Crippen LogP contribution in [0.3, 0.4) is 0 Å². The Morgan fingerprint density at radius 2 is 2.00 bits per heavy atom. The smallest absolute Gasteiger partial charge is 0.191 e. The molecule has 0 radical (unpaired) electrons. The maximum atomic E-state index is 6.38. The van der Waals surface area contributed by atoms with Gasteiger partial charge in [-0.25, -0.2) is 4.98 Å². The molecule has 0 bridgehead atoms. The number of aliphatic imine (C=N–C) groups is 1. The SMILES string of the molecule is Cc1ccc(C(CN=C(N)N2CCN(c3nccs3)CC2)N2CCOCC2)s1. The van der Waals surface area contributed by atoms with Crippen molar-refractivity contribution in [1.82, 2.24) is 14.8 Å². The summed E-state index contributed by atoms with van der Waals surface area (Å²) in [6, 6.07) is 4.70. The molecule has 0 saturated carbocycles. The molecule has 0 spiro atoms. The summed E-state index contributed by atoms with van der Waals surface area (Å²) < 4.78 is 5.54. The number of thiazole rings is 1. The second kappa shape index (κ2) is 9.21. The minimum atomic E-state index is 0.276. The molecule has 7 nitrogen and oxygen atoms in total. The number of guanidine groups is 1. The topological polar surface area (TPSA) is 70.2 Å². The van der Waals surface area contributed by atoms with Crippen molar-refractivity contribution in [3.05, 3.63) is 33.5 Å². The number of hydrogen-bond acceptors (Lipinski definition) is 7. The molecule has 0 amide bonds.